The Morgan fingerprint density at radius 2 is 2.20 bits per heavy atom. The summed E-state index contributed by atoms with van der Waals surface area (Å²) in [7, 11) is 1.72. The summed E-state index contributed by atoms with van der Waals surface area (Å²) < 4.78 is 11.4. The van der Waals surface area contributed by atoms with E-state index in [1.165, 1.54) is 11.1 Å². The normalized spacial score (nSPS) is 23.9. The maximum Gasteiger partial charge on any atom is 0.126 e. The van der Waals surface area contributed by atoms with Gasteiger partial charge in [-0.3, -0.25) is 11.3 Å². The molecule has 0 aliphatic carbocycles. The molecule has 112 valence electrons. The fourth-order valence-corrected chi connectivity index (χ4v) is 3.24. The molecule has 0 amide bonds. The Morgan fingerprint density at radius 3 is 2.80 bits per heavy atom. The van der Waals surface area contributed by atoms with Crippen molar-refractivity contribution in [1.29, 1.82) is 0 Å². The first-order valence-corrected chi connectivity index (χ1v) is 7.35. The minimum absolute atomic E-state index is 0.0664. The van der Waals surface area contributed by atoms with E-state index in [0.29, 0.717) is 5.92 Å². The molecule has 1 heterocycles. The van der Waals surface area contributed by atoms with E-state index in [0.717, 1.165) is 30.8 Å². The molecule has 0 spiro atoms. The summed E-state index contributed by atoms with van der Waals surface area (Å²) >= 11 is 0. The molecule has 1 saturated heterocycles. The van der Waals surface area contributed by atoms with Gasteiger partial charge < -0.3 is 9.47 Å². The van der Waals surface area contributed by atoms with Crippen LogP contribution in [0.15, 0.2) is 12.1 Å². The minimum Gasteiger partial charge on any atom is -0.496 e. The average molecular weight is 278 g/mol. The number of rotatable bonds is 5. The molecule has 3 unspecified atom stereocenters. The molecular weight excluding hydrogens is 252 g/mol. The highest BCUT2D eigenvalue weighted by molar-refractivity contribution is 5.47. The highest BCUT2D eigenvalue weighted by atomic mass is 16.5. The number of hydrazine groups is 1. The number of hydrogen-bond donors (Lipinski definition) is 2. The predicted octanol–water partition coefficient (Wildman–Crippen LogP) is 2.63. The number of nitrogens with one attached hydrogen (secondary N) is 1. The van der Waals surface area contributed by atoms with Crippen molar-refractivity contribution in [1.82, 2.24) is 5.43 Å². The third-order valence-corrected chi connectivity index (χ3v) is 4.52. The molecular formula is C16H26N2O2. The largest absolute Gasteiger partial charge is 0.496 e. The Labute approximate surface area is 121 Å². The Hall–Kier alpha value is -1.10. The fourth-order valence-electron chi connectivity index (χ4n) is 3.24. The Kier molecular flexibility index (Phi) is 5.02. The van der Waals surface area contributed by atoms with Crippen molar-refractivity contribution in [2.75, 3.05) is 13.7 Å². The van der Waals surface area contributed by atoms with E-state index in [1.807, 2.05) is 0 Å². The van der Waals surface area contributed by atoms with Crippen molar-refractivity contribution in [2.24, 2.45) is 11.8 Å². The second-order valence-electron chi connectivity index (χ2n) is 5.54. The van der Waals surface area contributed by atoms with E-state index >= 15 is 0 Å². The summed E-state index contributed by atoms with van der Waals surface area (Å²) in [6.07, 6.45) is 2.31. The van der Waals surface area contributed by atoms with Crippen molar-refractivity contribution in [3.8, 4) is 5.75 Å². The highest BCUT2D eigenvalue weighted by Crippen LogP contribution is 2.39. The van der Waals surface area contributed by atoms with Crippen LogP contribution in [0.1, 0.15) is 42.5 Å². The van der Waals surface area contributed by atoms with Gasteiger partial charge in [0.15, 0.2) is 0 Å². The van der Waals surface area contributed by atoms with Gasteiger partial charge in [-0.2, -0.15) is 0 Å². The van der Waals surface area contributed by atoms with Crippen molar-refractivity contribution in [2.45, 2.75) is 45.8 Å². The smallest absolute Gasteiger partial charge is 0.126 e. The van der Waals surface area contributed by atoms with Crippen LogP contribution in [0.2, 0.25) is 0 Å². The molecule has 4 heteroatoms. The van der Waals surface area contributed by atoms with Crippen LogP contribution in [0.5, 0.6) is 5.75 Å². The summed E-state index contributed by atoms with van der Waals surface area (Å²) in [5, 5.41) is 0. The molecule has 3 N–H and O–H groups in total. The topological polar surface area (TPSA) is 56.5 Å². The van der Waals surface area contributed by atoms with Crippen LogP contribution in [0.25, 0.3) is 0 Å². The number of ether oxygens (including phenoxy) is 2. The van der Waals surface area contributed by atoms with E-state index in [-0.39, 0.29) is 12.1 Å². The van der Waals surface area contributed by atoms with Gasteiger partial charge in [-0.25, -0.2) is 0 Å². The Bertz CT molecular complexity index is 462. The molecule has 3 atom stereocenters. The van der Waals surface area contributed by atoms with E-state index in [9.17, 15) is 0 Å². The van der Waals surface area contributed by atoms with Crippen molar-refractivity contribution in [3.63, 3.8) is 0 Å². The van der Waals surface area contributed by atoms with Gasteiger partial charge in [-0.05, 0) is 37.8 Å². The number of methoxy groups -OCH3 is 1. The zero-order chi connectivity index (χ0) is 14.7. The summed E-state index contributed by atoms with van der Waals surface area (Å²) in [5.41, 5.74) is 6.53. The lowest BCUT2D eigenvalue weighted by Gasteiger charge is -2.29. The molecule has 1 aliphatic rings. The highest BCUT2D eigenvalue weighted by Gasteiger charge is 2.35. The van der Waals surface area contributed by atoms with Crippen LogP contribution in [-0.4, -0.2) is 19.8 Å². The number of aryl methyl sites for hydroxylation is 1. The molecule has 1 aromatic rings. The van der Waals surface area contributed by atoms with Gasteiger partial charge in [0, 0.05) is 18.1 Å². The summed E-state index contributed by atoms with van der Waals surface area (Å²) in [6.45, 7) is 7.16. The van der Waals surface area contributed by atoms with Crippen molar-refractivity contribution < 1.29 is 9.47 Å². The zero-order valence-electron chi connectivity index (χ0n) is 12.9. The molecule has 0 saturated carbocycles. The number of hydrogen-bond acceptors (Lipinski definition) is 4. The van der Waals surface area contributed by atoms with Gasteiger partial charge in [-0.1, -0.05) is 19.1 Å². The zero-order valence-corrected chi connectivity index (χ0v) is 12.9. The quantitative estimate of drug-likeness (QED) is 0.642. The van der Waals surface area contributed by atoms with Gasteiger partial charge in [-0.15, -0.1) is 0 Å². The van der Waals surface area contributed by atoms with Crippen molar-refractivity contribution in [3.05, 3.63) is 28.8 Å². The standard InChI is InChI=1S/C16H26N2O2/c1-5-14-12(8-9-20-14)15(18-17)13-7-6-10(2)11(3)16(13)19-4/h6-7,12,14-15,18H,5,8-9,17H2,1-4H3. The Balaban J connectivity index is 2.39. The molecule has 0 radical (unpaired) electrons. The van der Waals surface area contributed by atoms with Gasteiger partial charge in [0.1, 0.15) is 5.75 Å². The van der Waals surface area contributed by atoms with Gasteiger partial charge in [0.05, 0.1) is 19.3 Å². The lowest BCUT2D eigenvalue weighted by Crippen LogP contribution is -2.37. The van der Waals surface area contributed by atoms with E-state index < -0.39 is 0 Å². The summed E-state index contributed by atoms with van der Waals surface area (Å²) in [6, 6.07) is 4.32. The SMILES string of the molecule is CCC1OCCC1C(NN)c1ccc(C)c(C)c1OC. The third kappa shape index (κ3) is 2.68. The second kappa shape index (κ2) is 6.57. The average Bonchev–Trinajstić information content (AvgIpc) is 2.92. The fraction of sp³-hybridized carbons (Fsp3) is 0.625. The minimum atomic E-state index is 0.0664. The van der Waals surface area contributed by atoms with E-state index in [1.54, 1.807) is 7.11 Å². The lowest BCUT2D eigenvalue weighted by molar-refractivity contribution is 0.0771. The molecule has 4 nitrogen and oxygen atoms in total. The second-order valence-corrected chi connectivity index (χ2v) is 5.54. The molecule has 20 heavy (non-hydrogen) atoms. The van der Waals surface area contributed by atoms with Crippen LogP contribution < -0.4 is 16.0 Å². The third-order valence-electron chi connectivity index (χ3n) is 4.52. The first kappa shape index (κ1) is 15.3. The van der Waals surface area contributed by atoms with Crippen LogP contribution in [0.4, 0.5) is 0 Å². The van der Waals surface area contributed by atoms with E-state index in [4.69, 9.17) is 15.3 Å². The molecule has 0 bridgehead atoms. The Morgan fingerprint density at radius 1 is 1.45 bits per heavy atom. The lowest BCUT2D eigenvalue weighted by atomic mass is 9.85. The van der Waals surface area contributed by atoms with Gasteiger partial charge >= 0.3 is 0 Å². The van der Waals surface area contributed by atoms with Crippen LogP contribution in [0, 0.1) is 19.8 Å². The van der Waals surface area contributed by atoms with Crippen LogP contribution in [0.3, 0.4) is 0 Å². The maximum atomic E-state index is 5.85. The first-order valence-electron chi connectivity index (χ1n) is 7.35. The predicted molar refractivity (Wildman–Crippen MR) is 80.7 cm³/mol. The monoisotopic (exact) mass is 278 g/mol. The van der Waals surface area contributed by atoms with Crippen LogP contribution >= 0.6 is 0 Å². The molecule has 1 aromatic carbocycles. The molecule has 1 fully saturated rings. The molecule has 2 rings (SSSR count). The van der Waals surface area contributed by atoms with Crippen molar-refractivity contribution >= 4 is 0 Å². The van der Waals surface area contributed by atoms with E-state index in [2.05, 4.69) is 38.3 Å². The van der Waals surface area contributed by atoms with Gasteiger partial charge in [0.2, 0.25) is 0 Å². The number of nitrogens with two attached hydrogens (primary N) is 1. The summed E-state index contributed by atoms with van der Waals surface area (Å²) in [4.78, 5) is 0. The molecule has 0 aromatic heterocycles. The number of benzene rings is 1. The maximum absolute atomic E-state index is 5.85. The van der Waals surface area contributed by atoms with Crippen LogP contribution in [-0.2, 0) is 4.74 Å². The molecule has 1 aliphatic heterocycles. The summed E-state index contributed by atoms with van der Waals surface area (Å²) in [5.74, 6) is 7.18. The first-order chi connectivity index (χ1) is 9.63. The van der Waals surface area contributed by atoms with Gasteiger partial charge in [0.25, 0.3) is 0 Å².